The van der Waals surface area contributed by atoms with E-state index in [9.17, 15) is 4.79 Å². The van der Waals surface area contributed by atoms with E-state index in [4.69, 9.17) is 10.00 Å². The highest BCUT2D eigenvalue weighted by molar-refractivity contribution is 7.99. The molecule has 0 aromatic heterocycles. The van der Waals surface area contributed by atoms with Crippen molar-refractivity contribution in [2.45, 2.75) is 13.0 Å². The van der Waals surface area contributed by atoms with Gasteiger partial charge in [0.15, 0.2) is 6.10 Å². The number of nitriles is 1. The lowest BCUT2D eigenvalue weighted by molar-refractivity contribution is -0.137. The predicted octanol–water partition coefficient (Wildman–Crippen LogP) is 1.90. The van der Waals surface area contributed by atoms with Crippen molar-refractivity contribution in [3.8, 4) is 11.8 Å². The summed E-state index contributed by atoms with van der Waals surface area (Å²) in [6.45, 7) is 3.28. The molecule has 100 valence electrons. The molecular weight excluding hydrogens is 260 g/mol. The van der Waals surface area contributed by atoms with Crippen molar-refractivity contribution in [2.75, 3.05) is 24.6 Å². The summed E-state index contributed by atoms with van der Waals surface area (Å²) in [5, 5.41) is 8.99. The van der Waals surface area contributed by atoms with Gasteiger partial charge in [0.2, 0.25) is 0 Å². The van der Waals surface area contributed by atoms with Crippen LogP contribution in [0.5, 0.6) is 5.75 Å². The molecule has 0 unspecified atom stereocenters. The third-order valence-electron chi connectivity index (χ3n) is 2.98. The molecule has 1 atom stereocenters. The Balaban J connectivity index is 2.02. The zero-order valence-corrected chi connectivity index (χ0v) is 11.7. The van der Waals surface area contributed by atoms with Crippen LogP contribution in [0.25, 0.3) is 0 Å². The number of hydrogen-bond donors (Lipinski definition) is 0. The molecule has 0 radical (unpaired) electrons. The molecular formula is C14H16N2O2S. The van der Waals surface area contributed by atoms with Gasteiger partial charge >= 0.3 is 0 Å². The van der Waals surface area contributed by atoms with Crippen LogP contribution in [-0.4, -0.2) is 41.5 Å². The predicted molar refractivity (Wildman–Crippen MR) is 75.2 cm³/mol. The Kier molecular flexibility index (Phi) is 4.69. The number of nitrogens with zero attached hydrogens (tertiary/aromatic N) is 2. The van der Waals surface area contributed by atoms with Gasteiger partial charge in [0.25, 0.3) is 5.91 Å². The first kappa shape index (κ1) is 13.8. The minimum Gasteiger partial charge on any atom is -0.480 e. The summed E-state index contributed by atoms with van der Waals surface area (Å²) in [4.78, 5) is 14.0. The Labute approximate surface area is 117 Å². The summed E-state index contributed by atoms with van der Waals surface area (Å²) < 4.78 is 5.63. The maximum Gasteiger partial charge on any atom is 0.263 e. The second-order valence-electron chi connectivity index (χ2n) is 4.31. The monoisotopic (exact) mass is 276 g/mol. The molecule has 1 amide bonds. The van der Waals surface area contributed by atoms with Crippen molar-refractivity contribution < 1.29 is 9.53 Å². The first-order chi connectivity index (χ1) is 9.22. The van der Waals surface area contributed by atoms with Crippen LogP contribution in [0.1, 0.15) is 12.5 Å². The van der Waals surface area contributed by atoms with Gasteiger partial charge < -0.3 is 9.64 Å². The maximum atomic E-state index is 12.2. The topological polar surface area (TPSA) is 53.3 Å². The number of thioether (sulfide) groups is 1. The Bertz CT molecular complexity index is 492. The molecule has 1 fully saturated rings. The van der Waals surface area contributed by atoms with E-state index < -0.39 is 6.10 Å². The van der Waals surface area contributed by atoms with E-state index in [1.54, 1.807) is 31.2 Å². The van der Waals surface area contributed by atoms with Crippen LogP contribution in [0.15, 0.2) is 24.3 Å². The fourth-order valence-corrected chi connectivity index (χ4v) is 2.85. The molecule has 0 aliphatic carbocycles. The van der Waals surface area contributed by atoms with Gasteiger partial charge in [0.05, 0.1) is 5.56 Å². The summed E-state index contributed by atoms with van der Waals surface area (Å²) in [6.07, 6.45) is -0.558. The third kappa shape index (κ3) is 3.42. The second kappa shape index (κ2) is 6.48. The van der Waals surface area contributed by atoms with Gasteiger partial charge in [-0.1, -0.05) is 12.1 Å². The molecule has 5 heteroatoms. The van der Waals surface area contributed by atoms with Crippen molar-refractivity contribution in [3.63, 3.8) is 0 Å². The number of para-hydroxylation sites is 1. The van der Waals surface area contributed by atoms with Crippen LogP contribution in [0, 0.1) is 11.3 Å². The molecule has 0 bridgehead atoms. The summed E-state index contributed by atoms with van der Waals surface area (Å²) >= 11 is 1.86. The number of benzene rings is 1. The normalized spacial score (nSPS) is 16.5. The summed E-state index contributed by atoms with van der Waals surface area (Å²) in [5.41, 5.74) is 0.455. The molecule has 1 aromatic rings. The van der Waals surface area contributed by atoms with Crippen LogP contribution in [0.3, 0.4) is 0 Å². The minimum atomic E-state index is -0.558. The van der Waals surface area contributed by atoms with Crippen LogP contribution < -0.4 is 4.74 Å². The Morgan fingerprint density at radius 2 is 2.11 bits per heavy atom. The SMILES string of the molecule is C[C@H](Oc1ccccc1C#N)C(=O)N1CCSCC1. The van der Waals surface area contributed by atoms with E-state index in [0.717, 1.165) is 24.6 Å². The quantitative estimate of drug-likeness (QED) is 0.846. The van der Waals surface area contributed by atoms with Crippen molar-refractivity contribution in [3.05, 3.63) is 29.8 Å². The number of rotatable bonds is 3. The van der Waals surface area contributed by atoms with Gasteiger partial charge in [-0.25, -0.2) is 0 Å². The molecule has 19 heavy (non-hydrogen) atoms. The zero-order valence-electron chi connectivity index (χ0n) is 10.8. The Morgan fingerprint density at radius 1 is 1.42 bits per heavy atom. The van der Waals surface area contributed by atoms with Crippen LogP contribution in [0.4, 0.5) is 0 Å². The van der Waals surface area contributed by atoms with Crippen molar-refractivity contribution in [1.82, 2.24) is 4.90 Å². The third-order valence-corrected chi connectivity index (χ3v) is 3.92. The minimum absolute atomic E-state index is 0.00644. The number of carbonyl (C=O) groups is 1. The lowest BCUT2D eigenvalue weighted by Gasteiger charge is -2.29. The number of hydrogen-bond acceptors (Lipinski definition) is 4. The average Bonchev–Trinajstić information content (AvgIpc) is 2.48. The maximum absolute atomic E-state index is 12.2. The summed E-state index contributed by atoms with van der Waals surface area (Å²) in [7, 11) is 0. The first-order valence-electron chi connectivity index (χ1n) is 6.24. The smallest absolute Gasteiger partial charge is 0.263 e. The van der Waals surface area contributed by atoms with E-state index in [2.05, 4.69) is 6.07 Å². The van der Waals surface area contributed by atoms with E-state index in [0.29, 0.717) is 11.3 Å². The lowest BCUT2D eigenvalue weighted by Crippen LogP contribution is -2.44. The van der Waals surface area contributed by atoms with Gasteiger partial charge in [0.1, 0.15) is 11.8 Å². The molecule has 2 rings (SSSR count). The number of ether oxygens (including phenoxy) is 1. The fourth-order valence-electron chi connectivity index (χ4n) is 1.94. The van der Waals surface area contributed by atoms with Crippen molar-refractivity contribution >= 4 is 17.7 Å². The first-order valence-corrected chi connectivity index (χ1v) is 7.40. The highest BCUT2D eigenvalue weighted by Gasteiger charge is 2.24. The molecule has 0 spiro atoms. The van der Waals surface area contributed by atoms with E-state index in [1.807, 2.05) is 16.7 Å². The number of carbonyl (C=O) groups excluding carboxylic acids is 1. The average molecular weight is 276 g/mol. The van der Waals surface area contributed by atoms with E-state index >= 15 is 0 Å². The molecule has 4 nitrogen and oxygen atoms in total. The highest BCUT2D eigenvalue weighted by Crippen LogP contribution is 2.19. The highest BCUT2D eigenvalue weighted by atomic mass is 32.2. The summed E-state index contributed by atoms with van der Waals surface area (Å²) in [6, 6.07) is 9.04. The standard InChI is InChI=1S/C14H16N2O2S/c1-11(14(17)16-6-8-19-9-7-16)18-13-5-3-2-4-12(13)10-15/h2-5,11H,6-9H2,1H3/t11-/m0/s1. The largest absolute Gasteiger partial charge is 0.480 e. The van der Waals surface area contributed by atoms with Crippen LogP contribution >= 0.6 is 11.8 Å². The van der Waals surface area contributed by atoms with Crippen LogP contribution in [0.2, 0.25) is 0 Å². The van der Waals surface area contributed by atoms with Gasteiger partial charge in [0, 0.05) is 24.6 Å². The molecule has 1 aliphatic rings. The fraction of sp³-hybridized carbons (Fsp3) is 0.429. The zero-order chi connectivity index (χ0) is 13.7. The molecule has 0 N–H and O–H groups in total. The second-order valence-corrected chi connectivity index (χ2v) is 5.53. The van der Waals surface area contributed by atoms with Crippen molar-refractivity contribution in [2.24, 2.45) is 0 Å². The van der Waals surface area contributed by atoms with Gasteiger partial charge in [-0.05, 0) is 19.1 Å². The molecule has 1 aromatic carbocycles. The molecule has 1 saturated heterocycles. The summed E-state index contributed by atoms with van der Waals surface area (Å²) in [5.74, 6) is 2.42. The van der Waals surface area contributed by atoms with E-state index in [1.165, 1.54) is 0 Å². The molecule has 1 heterocycles. The van der Waals surface area contributed by atoms with E-state index in [-0.39, 0.29) is 5.91 Å². The molecule has 1 aliphatic heterocycles. The number of amides is 1. The Morgan fingerprint density at radius 3 is 2.79 bits per heavy atom. The van der Waals surface area contributed by atoms with Gasteiger partial charge in [-0.15, -0.1) is 0 Å². The lowest BCUT2D eigenvalue weighted by atomic mass is 10.2. The van der Waals surface area contributed by atoms with Gasteiger partial charge in [-0.3, -0.25) is 4.79 Å². The molecule has 0 saturated carbocycles. The van der Waals surface area contributed by atoms with Crippen molar-refractivity contribution in [1.29, 1.82) is 5.26 Å². The Hall–Kier alpha value is -1.67. The van der Waals surface area contributed by atoms with Crippen LogP contribution in [-0.2, 0) is 4.79 Å². The van der Waals surface area contributed by atoms with Gasteiger partial charge in [-0.2, -0.15) is 17.0 Å².